The monoisotopic (exact) mass is 323 g/mol. The van der Waals surface area contributed by atoms with Crippen molar-refractivity contribution in [3.05, 3.63) is 63.3 Å². The summed E-state index contributed by atoms with van der Waals surface area (Å²) in [5, 5.41) is 0. The van der Waals surface area contributed by atoms with Crippen molar-refractivity contribution >= 4 is 0 Å². The number of fused-ring (bicyclic) bond motifs is 1. The van der Waals surface area contributed by atoms with Crippen LogP contribution in [0.5, 0.6) is 0 Å². The van der Waals surface area contributed by atoms with Crippen LogP contribution in [-0.4, -0.2) is 21.4 Å². The van der Waals surface area contributed by atoms with E-state index in [1.54, 1.807) is 0 Å². The standard InChI is InChI=1S/C20H25N3O/c24-20-17-14-23(13-15-7-3-1-4-8-15)12-11-18(17)21-19(22-20)16-9-5-2-6-10-16/h1,3-4,7-8,16H,2,5-6,9-14H2,(H,21,22,24). The van der Waals surface area contributed by atoms with E-state index in [-0.39, 0.29) is 5.56 Å². The molecular formula is C20H25N3O. The van der Waals surface area contributed by atoms with Crippen LogP contribution in [0, 0.1) is 0 Å². The van der Waals surface area contributed by atoms with Crippen LogP contribution in [0.4, 0.5) is 0 Å². The van der Waals surface area contributed by atoms with Gasteiger partial charge in [-0.25, -0.2) is 4.98 Å². The number of nitrogens with zero attached hydrogens (tertiary/aromatic N) is 2. The molecule has 4 heteroatoms. The maximum Gasteiger partial charge on any atom is 0.255 e. The van der Waals surface area contributed by atoms with Gasteiger partial charge >= 0.3 is 0 Å². The van der Waals surface area contributed by atoms with Crippen molar-refractivity contribution in [2.45, 2.75) is 57.5 Å². The van der Waals surface area contributed by atoms with Gasteiger partial charge in [0.25, 0.3) is 5.56 Å². The molecule has 0 saturated heterocycles. The molecule has 1 aromatic heterocycles. The van der Waals surface area contributed by atoms with Crippen LogP contribution < -0.4 is 5.56 Å². The molecule has 2 aliphatic rings. The molecule has 0 atom stereocenters. The highest BCUT2D eigenvalue weighted by Crippen LogP contribution is 2.30. The summed E-state index contributed by atoms with van der Waals surface area (Å²) in [6.07, 6.45) is 7.06. The fraction of sp³-hybridized carbons (Fsp3) is 0.500. The average molecular weight is 323 g/mol. The number of benzene rings is 1. The van der Waals surface area contributed by atoms with Crippen LogP contribution in [0.2, 0.25) is 0 Å². The summed E-state index contributed by atoms with van der Waals surface area (Å²) >= 11 is 0. The molecule has 1 aromatic carbocycles. The van der Waals surface area contributed by atoms with Gasteiger partial charge in [0.2, 0.25) is 0 Å². The van der Waals surface area contributed by atoms with E-state index in [2.05, 4.69) is 34.1 Å². The summed E-state index contributed by atoms with van der Waals surface area (Å²) < 4.78 is 0. The van der Waals surface area contributed by atoms with Crippen molar-refractivity contribution in [2.24, 2.45) is 0 Å². The van der Waals surface area contributed by atoms with Gasteiger partial charge in [0, 0.05) is 32.0 Å². The van der Waals surface area contributed by atoms with Crippen molar-refractivity contribution in [2.75, 3.05) is 6.54 Å². The summed E-state index contributed by atoms with van der Waals surface area (Å²) in [5.74, 6) is 1.40. The Morgan fingerprint density at radius 3 is 2.71 bits per heavy atom. The predicted molar refractivity (Wildman–Crippen MR) is 94.9 cm³/mol. The Labute approximate surface area is 142 Å². The molecule has 126 valence electrons. The second-order valence-corrected chi connectivity index (χ2v) is 7.16. The Hall–Kier alpha value is -1.94. The molecule has 1 fully saturated rings. The van der Waals surface area contributed by atoms with E-state index in [1.807, 2.05) is 6.07 Å². The normalized spacial score (nSPS) is 19.2. The minimum atomic E-state index is 0.0818. The maximum absolute atomic E-state index is 12.6. The van der Waals surface area contributed by atoms with Crippen molar-refractivity contribution in [1.29, 1.82) is 0 Å². The van der Waals surface area contributed by atoms with Gasteiger partial charge in [-0.3, -0.25) is 9.69 Å². The second-order valence-electron chi connectivity index (χ2n) is 7.16. The van der Waals surface area contributed by atoms with E-state index in [0.29, 0.717) is 12.5 Å². The van der Waals surface area contributed by atoms with Crippen LogP contribution in [0.3, 0.4) is 0 Å². The number of aromatic amines is 1. The molecule has 0 bridgehead atoms. The van der Waals surface area contributed by atoms with Gasteiger partial charge in [-0.1, -0.05) is 49.6 Å². The number of aromatic nitrogens is 2. The largest absolute Gasteiger partial charge is 0.310 e. The Morgan fingerprint density at radius 2 is 1.92 bits per heavy atom. The van der Waals surface area contributed by atoms with E-state index >= 15 is 0 Å². The van der Waals surface area contributed by atoms with Crippen LogP contribution in [0.25, 0.3) is 0 Å². The van der Waals surface area contributed by atoms with E-state index in [0.717, 1.165) is 36.6 Å². The molecule has 4 rings (SSSR count). The zero-order valence-corrected chi connectivity index (χ0v) is 14.1. The van der Waals surface area contributed by atoms with Gasteiger partial charge in [-0.2, -0.15) is 0 Å². The van der Waals surface area contributed by atoms with Crippen molar-refractivity contribution in [3.63, 3.8) is 0 Å². The Balaban J connectivity index is 1.53. The number of H-pyrrole nitrogens is 1. The third kappa shape index (κ3) is 3.29. The summed E-state index contributed by atoms with van der Waals surface area (Å²) in [5.41, 5.74) is 3.28. The Morgan fingerprint density at radius 1 is 1.12 bits per heavy atom. The highest BCUT2D eigenvalue weighted by molar-refractivity contribution is 5.23. The molecular weight excluding hydrogens is 298 g/mol. The molecule has 4 nitrogen and oxygen atoms in total. The van der Waals surface area contributed by atoms with Crippen molar-refractivity contribution < 1.29 is 0 Å². The molecule has 0 radical (unpaired) electrons. The molecule has 1 N–H and O–H groups in total. The molecule has 0 unspecified atom stereocenters. The fourth-order valence-electron chi connectivity index (χ4n) is 4.05. The third-order valence-corrected chi connectivity index (χ3v) is 5.41. The van der Waals surface area contributed by atoms with Gasteiger partial charge in [-0.15, -0.1) is 0 Å². The number of hydrogen-bond acceptors (Lipinski definition) is 3. The number of hydrogen-bond donors (Lipinski definition) is 1. The van der Waals surface area contributed by atoms with Gasteiger partial charge < -0.3 is 4.98 Å². The minimum Gasteiger partial charge on any atom is -0.310 e. The van der Waals surface area contributed by atoms with Gasteiger partial charge in [0.15, 0.2) is 0 Å². The summed E-state index contributed by atoms with van der Waals surface area (Å²) in [7, 11) is 0. The van der Waals surface area contributed by atoms with Gasteiger partial charge in [-0.05, 0) is 18.4 Å². The molecule has 1 saturated carbocycles. The Bertz CT molecular complexity index is 747. The zero-order chi connectivity index (χ0) is 16.4. The van der Waals surface area contributed by atoms with Crippen LogP contribution in [-0.2, 0) is 19.5 Å². The van der Waals surface area contributed by atoms with Crippen molar-refractivity contribution in [3.8, 4) is 0 Å². The molecule has 0 amide bonds. The highest BCUT2D eigenvalue weighted by Gasteiger charge is 2.24. The lowest BCUT2D eigenvalue weighted by Gasteiger charge is -2.29. The quantitative estimate of drug-likeness (QED) is 0.942. The first-order valence-electron chi connectivity index (χ1n) is 9.18. The fourth-order valence-corrected chi connectivity index (χ4v) is 4.05. The molecule has 24 heavy (non-hydrogen) atoms. The van der Waals surface area contributed by atoms with E-state index in [4.69, 9.17) is 4.98 Å². The Kier molecular flexibility index (Phi) is 4.48. The van der Waals surface area contributed by atoms with Crippen LogP contribution >= 0.6 is 0 Å². The smallest absolute Gasteiger partial charge is 0.255 e. The first-order valence-corrected chi connectivity index (χ1v) is 9.18. The SMILES string of the molecule is O=c1[nH]c(C2CCCCC2)nc2c1CN(Cc1ccccc1)CC2. The molecule has 2 aromatic rings. The predicted octanol–water partition coefficient (Wildman–Crippen LogP) is 3.38. The number of rotatable bonds is 3. The zero-order valence-electron chi connectivity index (χ0n) is 14.1. The molecule has 1 aliphatic carbocycles. The average Bonchev–Trinajstić information content (AvgIpc) is 2.64. The summed E-state index contributed by atoms with van der Waals surface area (Å²) in [4.78, 5) is 22.9. The van der Waals surface area contributed by atoms with E-state index < -0.39 is 0 Å². The third-order valence-electron chi connectivity index (χ3n) is 5.41. The lowest BCUT2D eigenvalue weighted by atomic mass is 9.88. The lowest BCUT2D eigenvalue weighted by molar-refractivity contribution is 0.241. The number of nitrogens with one attached hydrogen (secondary N) is 1. The minimum absolute atomic E-state index is 0.0818. The van der Waals surface area contributed by atoms with Gasteiger partial charge in [0.1, 0.15) is 5.82 Å². The van der Waals surface area contributed by atoms with Gasteiger partial charge in [0.05, 0.1) is 11.3 Å². The topological polar surface area (TPSA) is 49.0 Å². The maximum atomic E-state index is 12.6. The summed E-state index contributed by atoms with van der Waals surface area (Å²) in [6.45, 7) is 2.57. The van der Waals surface area contributed by atoms with Crippen LogP contribution in [0.15, 0.2) is 35.1 Å². The second kappa shape index (κ2) is 6.89. The van der Waals surface area contributed by atoms with E-state index in [9.17, 15) is 4.79 Å². The summed E-state index contributed by atoms with van der Waals surface area (Å²) in [6, 6.07) is 10.5. The van der Waals surface area contributed by atoms with Crippen LogP contribution in [0.1, 0.15) is 60.7 Å². The van der Waals surface area contributed by atoms with Crippen molar-refractivity contribution in [1.82, 2.24) is 14.9 Å². The first kappa shape index (κ1) is 15.6. The molecule has 1 aliphatic heterocycles. The first-order chi connectivity index (χ1) is 11.8. The lowest BCUT2D eigenvalue weighted by Crippen LogP contribution is -2.36. The molecule has 0 spiro atoms. The molecule has 2 heterocycles. The van der Waals surface area contributed by atoms with E-state index in [1.165, 1.54) is 37.7 Å². The highest BCUT2D eigenvalue weighted by atomic mass is 16.1.